The van der Waals surface area contributed by atoms with E-state index in [1.807, 2.05) is 0 Å². The van der Waals surface area contributed by atoms with E-state index in [2.05, 4.69) is 65.8 Å². The molecule has 0 spiro atoms. The van der Waals surface area contributed by atoms with Crippen LogP contribution in [0.2, 0.25) is 0 Å². The minimum Gasteiger partial charge on any atom is -0.0913 e. The van der Waals surface area contributed by atoms with Crippen molar-refractivity contribution < 1.29 is 0 Å². The lowest BCUT2D eigenvalue weighted by molar-refractivity contribution is 1.12. The van der Waals surface area contributed by atoms with Gasteiger partial charge in [-0.05, 0) is 64.7 Å². The van der Waals surface area contributed by atoms with Gasteiger partial charge in [0, 0.05) is 0 Å². The molecule has 0 nitrogen and oxygen atoms in total. The average Bonchev–Trinajstić information content (AvgIpc) is 2.24. The standard InChI is InChI=1S/C15H24/c1-7-9-11-13(4)15(6)14(5)12(3)10-8-2/h7-10H,11H2,1-6H3. The maximum Gasteiger partial charge on any atom is -0.0136 e. The van der Waals surface area contributed by atoms with E-state index in [0.29, 0.717) is 0 Å². The molecular weight excluding hydrogens is 180 g/mol. The monoisotopic (exact) mass is 204 g/mol. The van der Waals surface area contributed by atoms with Crippen LogP contribution in [0, 0.1) is 0 Å². The normalized spacial score (nSPS) is 15.9. The van der Waals surface area contributed by atoms with Crippen LogP contribution >= 0.6 is 0 Å². The molecule has 0 aliphatic rings. The third-order valence-corrected chi connectivity index (χ3v) is 2.87. The smallest absolute Gasteiger partial charge is 0.0136 e. The van der Waals surface area contributed by atoms with Gasteiger partial charge in [-0.1, -0.05) is 29.9 Å². The number of hydrogen-bond acceptors (Lipinski definition) is 0. The fraction of sp³-hybridized carbons (Fsp3) is 0.467. The predicted molar refractivity (Wildman–Crippen MR) is 71.0 cm³/mol. The topological polar surface area (TPSA) is 0 Å². The van der Waals surface area contributed by atoms with Crippen molar-refractivity contribution in [2.75, 3.05) is 0 Å². The molecule has 0 saturated carbocycles. The van der Waals surface area contributed by atoms with Crippen LogP contribution in [0.25, 0.3) is 0 Å². The van der Waals surface area contributed by atoms with Crippen molar-refractivity contribution in [3.8, 4) is 0 Å². The summed E-state index contributed by atoms with van der Waals surface area (Å²) in [6, 6.07) is 0. The molecule has 0 heteroatoms. The van der Waals surface area contributed by atoms with E-state index >= 15 is 0 Å². The Kier molecular flexibility index (Phi) is 6.77. The van der Waals surface area contributed by atoms with Crippen molar-refractivity contribution in [1.29, 1.82) is 0 Å². The predicted octanol–water partition coefficient (Wildman–Crippen LogP) is 5.20. The summed E-state index contributed by atoms with van der Waals surface area (Å²) in [6.07, 6.45) is 9.63. The minimum absolute atomic E-state index is 1.06. The molecule has 0 atom stereocenters. The molecule has 0 unspecified atom stereocenters. The summed E-state index contributed by atoms with van der Waals surface area (Å²) >= 11 is 0. The molecule has 0 fully saturated rings. The van der Waals surface area contributed by atoms with Gasteiger partial charge in [0.2, 0.25) is 0 Å². The molecule has 0 aromatic rings. The Morgan fingerprint density at radius 2 is 1.47 bits per heavy atom. The first-order valence-corrected chi connectivity index (χ1v) is 5.62. The molecule has 0 aliphatic heterocycles. The first-order chi connectivity index (χ1) is 7.04. The zero-order valence-electron chi connectivity index (χ0n) is 11.0. The van der Waals surface area contributed by atoms with Crippen LogP contribution in [0.5, 0.6) is 0 Å². The van der Waals surface area contributed by atoms with Crippen molar-refractivity contribution in [2.24, 2.45) is 0 Å². The highest BCUT2D eigenvalue weighted by Crippen LogP contribution is 2.20. The summed E-state index contributed by atoms with van der Waals surface area (Å²) in [5.74, 6) is 0. The zero-order chi connectivity index (χ0) is 11.8. The molecule has 0 aliphatic carbocycles. The van der Waals surface area contributed by atoms with Crippen molar-refractivity contribution >= 4 is 0 Å². The summed E-state index contributed by atoms with van der Waals surface area (Å²) in [5, 5.41) is 0. The Morgan fingerprint density at radius 1 is 0.867 bits per heavy atom. The molecule has 15 heavy (non-hydrogen) atoms. The van der Waals surface area contributed by atoms with E-state index in [0.717, 1.165) is 6.42 Å². The number of allylic oxidation sites excluding steroid dienone is 8. The third kappa shape index (κ3) is 4.83. The maximum absolute atomic E-state index is 2.21. The van der Waals surface area contributed by atoms with Gasteiger partial charge in [0.15, 0.2) is 0 Å². The van der Waals surface area contributed by atoms with E-state index in [1.165, 1.54) is 22.3 Å². The van der Waals surface area contributed by atoms with Gasteiger partial charge in [-0.15, -0.1) is 0 Å². The van der Waals surface area contributed by atoms with Gasteiger partial charge in [-0.2, -0.15) is 0 Å². The molecule has 84 valence electrons. The number of hydrogen-bond donors (Lipinski definition) is 0. The molecule has 0 bridgehead atoms. The maximum atomic E-state index is 2.21. The summed E-state index contributed by atoms with van der Waals surface area (Å²) < 4.78 is 0. The highest BCUT2D eigenvalue weighted by Gasteiger charge is 2.00. The lowest BCUT2D eigenvalue weighted by Gasteiger charge is -2.09. The van der Waals surface area contributed by atoms with Crippen molar-refractivity contribution in [1.82, 2.24) is 0 Å². The van der Waals surface area contributed by atoms with Gasteiger partial charge in [0.1, 0.15) is 0 Å². The van der Waals surface area contributed by atoms with Crippen LogP contribution in [0.15, 0.2) is 46.6 Å². The van der Waals surface area contributed by atoms with Crippen LogP contribution in [0.3, 0.4) is 0 Å². The van der Waals surface area contributed by atoms with Crippen LogP contribution in [0.1, 0.15) is 48.0 Å². The fourth-order valence-electron chi connectivity index (χ4n) is 1.44. The van der Waals surface area contributed by atoms with Gasteiger partial charge >= 0.3 is 0 Å². The summed E-state index contributed by atoms with van der Waals surface area (Å²) in [5.41, 5.74) is 5.63. The van der Waals surface area contributed by atoms with Gasteiger partial charge in [-0.25, -0.2) is 0 Å². The zero-order valence-corrected chi connectivity index (χ0v) is 11.0. The molecule has 0 aromatic carbocycles. The Morgan fingerprint density at radius 3 is 1.93 bits per heavy atom. The second kappa shape index (κ2) is 7.28. The Labute approximate surface area is 95.1 Å². The second-order valence-corrected chi connectivity index (χ2v) is 3.99. The Bertz CT molecular complexity index is 309. The van der Waals surface area contributed by atoms with E-state index in [4.69, 9.17) is 0 Å². The van der Waals surface area contributed by atoms with E-state index in [9.17, 15) is 0 Å². The molecule has 0 amide bonds. The van der Waals surface area contributed by atoms with Crippen LogP contribution < -0.4 is 0 Å². The second-order valence-electron chi connectivity index (χ2n) is 3.99. The summed E-state index contributed by atoms with van der Waals surface area (Å²) in [6.45, 7) is 12.9. The first-order valence-electron chi connectivity index (χ1n) is 5.62. The van der Waals surface area contributed by atoms with Gasteiger partial charge in [0.05, 0.1) is 0 Å². The lowest BCUT2D eigenvalue weighted by atomic mass is 9.97. The largest absolute Gasteiger partial charge is 0.0913 e. The highest BCUT2D eigenvalue weighted by atomic mass is 14.1. The molecule has 0 radical (unpaired) electrons. The minimum atomic E-state index is 1.06. The van der Waals surface area contributed by atoms with Crippen LogP contribution in [-0.2, 0) is 0 Å². The van der Waals surface area contributed by atoms with E-state index in [1.54, 1.807) is 0 Å². The Balaban J connectivity index is 4.96. The molecule has 0 aromatic heterocycles. The third-order valence-electron chi connectivity index (χ3n) is 2.87. The Hall–Kier alpha value is -1.04. The molecule has 0 rings (SSSR count). The molecule has 0 saturated heterocycles. The van der Waals surface area contributed by atoms with Crippen molar-refractivity contribution in [3.63, 3.8) is 0 Å². The van der Waals surface area contributed by atoms with Gasteiger partial charge in [0.25, 0.3) is 0 Å². The highest BCUT2D eigenvalue weighted by molar-refractivity contribution is 5.39. The average molecular weight is 204 g/mol. The van der Waals surface area contributed by atoms with Crippen LogP contribution in [-0.4, -0.2) is 0 Å². The van der Waals surface area contributed by atoms with E-state index in [-0.39, 0.29) is 0 Å². The molecular formula is C15H24. The summed E-state index contributed by atoms with van der Waals surface area (Å²) in [4.78, 5) is 0. The van der Waals surface area contributed by atoms with Crippen molar-refractivity contribution in [3.05, 3.63) is 46.6 Å². The van der Waals surface area contributed by atoms with Crippen molar-refractivity contribution in [2.45, 2.75) is 48.0 Å². The van der Waals surface area contributed by atoms with E-state index < -0.39 is 0 Å². The van der Waals surface area contributed by atoms with Gasteiger partial charge < -0.3 is 0 Å². The fourth-order valence-corrected chi connectivity index (χ4v) is 1.44. The first kappa shape index (κ1) is 14.0. The SMILES string of the molecule is CC=CCC(C)=C(C)C(C)=C(C)C=CC. The van der Waals surface area contributed by atoms with Crippen LogP contribution in [0.4, 0.5) is 0 Å². The quantitative estimate of drug-likeness (QED) is 0.436. The van der Waals surface area contributed by atoms with Gasteiger partial charge in [-0.3, -0.25) is 0 Å². The summed E-state index contributed by atoms with van der Waals surface area (Å²) in [7, 11) is 0. The lowest BCUT2D eigenvalue weighted by Crippen LogP contribution is -1.89. The molecule has 0 heterocycles. The molecule has 0 N–H and O–H groups in total. The number of rotatable bonds is 4.